The van der Waals surface area contributed by atoms with E-state index in [1.807, 2.05) is 48.8 Å². The first-order valence-electron chi connectivity index (χ1n) is 7.34. The summed E-state index contributed by atoms with van der Waals surface area (Å²) in [7, 11) is 0. The van der Waals surface area contributed by atoms with E-state index in [4.69, 9.17) is 11.6 Å². The summed E-state index contributed by atoms with van der Waals surface area (Å²) in [6.45, 7) is 0.690. The molecular weight excluding hydrogens is 330 g/mol. The Kier molecular flexibility index (Phi) is 3.75. The Labute approximate surface area is 143 Å². The average Bonchev–Trinajstić information content (AvgIpc) is 3.22. The van der Waals surface area contributed by atoms with Gasteiger partial charge in [-0.15, -0.1) is 0 Å². The van der Waals surface area contributed by atoms with E-state index in [2.05, 4.69) is 9.29 Å². The van der Waals surface area contributed by atoms with Crippen LogP contribution in [-0.2, 0) is 0 Å². The Bertz CT molecular complexity index is 865. The van der Waals surface area contributed by atoms with E-state index in [-0.39, 0.29) is 11.8 Å². The Morgan fingerprint density at radius 1 is 1.30 bits per heavy atom. The van der Waals surface area contributed by atoms with Crippen LogP contribution in [0.2, 0.25) is 5.02 Å². The molecule has 0 amide bonds. The van der Waals surface area contributed by atoms with Crippen molar-refractivity contribution in [1.82, 2.24) is 9.55 Å². The van der Waals surface area contributed by atoms with Crippen molar-refractivity contribution >= 4 is 46.0 Å². The van der Waals surface area contributed by atoms with Crippen LogP contribution in [0.5, 0.6) is 0 Å². The summed E-state index contributed by atoms with van der Waals surface area (Å²) in [6, 6.07) is 11.5. The second kappa shape index (κ2) is 5.91. The van der Waals surface area contributed by atoms with Crippen LogP contribution in [0.25, 0.3) is 10.9 Å². The van der Waals surface area contributed by atoms with Gasteiger partial charge in [0.1, 0.15) is 0 Å². The minimum atomic E-state index is -0.0465. The van der Waals surface area contributed by atoms with Gasteiger partial charge in [0.15, 0.2) is 0 Å². The van der Waals surface area contributed by atoms with Crippen molar-refractivity contribution in [1.29, 1.82) is 0 Å². The summed E-state index contributed by atoms with van der Waals surface area (Å²) < 4.78 is 3.85. The highest BCUT2D eigenvalue weighted by atomic mass is 35.5. The molecule has 1 saturated heterocycles. The number of carbonyl (C=O) groups is 1. The second-order valence-electron chi connectivity index (χ2n) is 5.49. The van der Waals surface area contributed by atoms with Crippen molar-refractivity contribution in [3.8, 4) is 0 Å². The van der Waals surface area contributed by atoms with Crippen molar-refractivity contribution in [2.75, 3.05) is 16.6 Å². The summed E-state index contributed by atoms with van der Waals surface area (Å²) in [5, 5.41) is 1.67. The predicted molar refractivity (Wildman–Crippen MR) is 95.1 cm³/mol. The van der Waals surface area contributed by atoms with Gasteiger partial charge in [0.2, 0.25) is 5.91 Å². The summed E-state index contributed by atoms with van der Waals surface area (Å²) in [5.41, 5.74) is 1.90. The van der Waals surface area contributed by atoms with Gasteiger partial charge in [0, 0.05) is 35.1 Å². The molecule has 2 aromatic heterocycles. The number of hydrogen-bond donors (Lipinski definition) is 0. The standard InChI is InChI=1S/C17H14ClN3OS/c18-14-4-3-12-5-7-20(16(12)8-14)17(22)13-10-21(23-11-13)15-2-1-6-19-9-15/h1-9,13H,10-11H2. The lowest BCUT2D eigenvalue weighted by molar-refractivity contribution is 0.0862. The minimum Gasteiger partial charge on any atom is -0.314 e. The number of hydrogen-bond acceptors (Lipinski definition) is 4. The number of nitrogens with zero attached hydrogens (tertiary/aromatic N) is 3. The van der Waals surface area contributed by atoms with E-state index >= 15 is 0 Å². The van der Waals surface area contributed by atoms with Crippen molar-refractivity contribution in [3.63, 3.8) is 0 Å². The molecule has 0 radical (unpaired) electrons. The van der Waals surface area contributed by atoms with E-state index < -0.39 is 0 Å². The van der Waals surface area contributed by atoms with Crippen molar-refractivity contribution in [3.05, 3.63) is 60.0 Å². The van der Waals surface area contributed by atoms with E-state index in [0.29, 0.717) is 11.6 Å². The summed E-state index contributed by atoms with van der Waals surface area (Å²) in [4.78, 5) is 17.0. The van der Waals surface area contributed by atoms with Gasteiger partial charge in [-0.25, -0.2) is 0 Å². The average molecular weight is 344 g/mol. The smallest absolute Gasteiger partial charge is 0.236 e. The zero-order chi connectivity index (χ0) is 15.8. The fraction of sp³-hybridized carbons (Fsp3) is 0.176. The quantitative estimate of drug-likeness (QED) is 0.656. The summed E-state index contributed by atoms with van der Waals surface area (Å²) in [6.07, 6.45) is 5.41. The number of carbonyl (C=O) groups excluding carboxylic acids is 1. The molecule has 0 aliphatic carbocycles. The third-order valence-corrected chi connectivity index (χ3v) is 5.45. The van der Waals surface area contributed by atoms with E-state index in [1.165, 1.54) is 0 Å². The molecular formula is C17H14ClN3OS. The molecule has 1 atom stereocenters. The Hall–Kier alpha value is -1.98. The third kappa shape index (κ3) is 2.71. The van der Waals surface area contributed by atoms with Crippen LogP contribution in [0.15, 0.2) is 55.0 Å². The van der Waals surface area contributed by atoms with Crippen molar-refractivity contribution in [2.45, 2.75) is 0 Å². The Morgan fingerprint density at radius 3 is 3.04 bits per heavy atom. The highest BCUT2D eigenvalue weighted by Gasteiger charge is 2.31. The van der Waals surface area contributed by atoms with Crippen molar-refractivity contribution < 1.29 is 4.79 Å². The number of rotatable bonds is 2. The van der Waals surface area contributed by atoms with Crippen LogP contribution in [0, 0.1) is 5.92 Å². The first kappa shape index (κ1) is 14.6. The zero-order valence-corrected chi connectivity index (χ0v) is 13.8. The normalized spacial score (nSPS) is 17.8. The highest BCUT2D eigenvalue weighted by molar-refractivity contribution is 8.00. The van der Waals surface area contributed by atoms with Gasteiger partial charge in [-0.2, -0.15) is 0 Å². The summed E-state index contributed by atoms with van der Waals surface area (Å²) in [5.74, 6) is 0.837. The molecule has 3 heterocycles. The number of aromatic nitrogens is 2. The maximum absolute atomic E-state index is 12.9. The topological polar surface area (TPSA) is 38.1 Å². The molecule has 1 aromatic carbocycles. The molecule has 1 fully saturated rings. The highest BCUT2D eigenvalue weighted by Crippen LogP contribution is 2.32. The van der Waals surface area contributed by atoms with Crippen LogP contribution in [-0.4, -0.2) is 27.8 Å². The van der Waals surface area contributed by atoms with Crippen LogP contribution < -0.4 is 4.31 Å². The monoisotopic (exact) mass is 343 g/mol. The predicted octanol–water partition coefficient (Wildman–Crippen LogP) is 4.11. The molecule has 0 N–H and O–H groups in total. The fourth-order valence-corrected chi connectivity index (χ4v) is 4.12. The number of benzene rings is 1. The van der Waals surface area contributed by atoms with E-state index in [0.717, 1.165) is 22.3 Å². The van der Waals surface area contributed by atoms with Gasteiger partial charge in [-0.1, -0.05) is 17.7 Å². The lowest BCUT2D eigenvalue weighted by atomic mass is 10.1. The van der Waals surface area contributed by atoms with Crippen LogP contribution >= 0.6 is 23.5 Å². The molecule has 3 aromatic rings. The molecule has 4 nitrogen and oxygen atoms in total. The van der Waals surface area contributed by atoms with Gasteiger partial charge in [-0.05, 0) is 42.3 Å². The molecule has 116 valence electrons. The summed E-state index contributed by atoms with van der Waals surface area (Å²) >= 11 is 7.74. The number of anilines is 1. The molecule has 6 heteroatoms. The Balaban J connectivity index is 1.59. The molecule has 1 aliphatic heterocycles. The van der Waals surface area contributed by atoms with Gasteiger partial charge < -0.3 is 4.31 Å². The molecule has 1 aliphatic rings. The fourth-order valence-electron chi connectivity index (χ4n) is 2.81. The van der Waals surface area contributed by atoms with Gasteiger partial charge in [0.05, 0.1) is 23.3 Å². The van der Waals surface area contributed by atoms with Gasteiger partial charge in [-0.3, -0.25) is 14.3 Å². The molecule has 23 heavy (non-hydrogen) atoms. The van der Waals surface area contributed by atoms with Gasteiger partial charge >= 0.3 is 0 Å². The first-order valence-corrected chi connectivity index (χ1v) is 8.66. The largest absolute Gasteiger partial charge is 0.314 e. The van der Waals surface area contributed by atoms with Crippen molar-refractivity contribution in [2.24, 2.45) is 5.92 Å². The SMILES string of the molecule is O=C(C1CSN(c2cccnc2)C1)n1ccc2ccc(Cl)cc21. The molecule has 4 rings (SSSR count). The third-order valence-electron chi connectivity index (χ3n) is 3.99. The minimum absolute atomic E-state index is 0.0465. The molecule has 0 bridgehead atoms. The van der Waals surface area contributed by atoms with E-state index in [1.54, 1.807) is 22.7 Å². The molecule has 1 unspecified atom stereocenters. The van der Waals surface area contributed by atoms with Crippen LogP contribution in [0.1, 0.15) is 4.79 Å². The lowest BCUT2D eigenvalue weighted by Gasteiger charge is -2.16. The zero-order valence-electron chi connectivity index (χ0n) is 12.2. The van der Waals surface area contributed by atoms with Crippen LogP contribution in [0.4, 0.5) is 5.69 Å². The first-order chi connectivity index (χ1) is 11.2. The molecule has 0 spiro atoms. The number of halogens is 1. The van der Waals surface area contributed by atoms with E-state index in [9.17, 15) is 4.79 Å². The second-order valence-corrected chi connectivity index (χ2v) is 6.96. The number of pyridine rings is 1. The molecule has 0 saturated carbocycles. The Morgan fingerprint density at radius 2 is 2.22 bits per heavy atom. The maximum Gasteiger partial charge on any atom is 0.236 e. The number of fused-ring (bicyclic) bond motifs is 1. The maximum atomic E-state index is 12.9. The van der Waals surface area contributed by atoms with Gasteiger partial charge in [0.25, 0.3) is 0 Å². The van der Waals surface area contributed by atoms with Crippen LogP contribution in [0.3, 0.4) is 0 Å². The lowest BCUT2D eigenvalue weighted by Crippen LogP contribution is -2.26.